The zero-order valence-electron chi connectivity index (χ0n) is 5.34. The summed E-state index contributed by atoms with van der Waals surface area (Å²) in [5.41, 5.74) is 6.43. The Morgan fingerprint density at radius 1 is 1.50 bits per heavy atom. The van der Waals surface area contributed by atoms with E-state index in [0.29, 0.717) is 12.3 Å². The first kappa shape index (κ1) is 7.81. The minimum absolute atomic E-state index is 0.317. The molecule has 0 bridgehead atoms. The Labute approximate surface area is 73.2 Å². The normalized spacial score (nSPS) is 9.80. The number of hydrogen-bond donors (Lipinski definition) is 2. The number of benzene rings is 1. The van der Waals surface area contributed by atoms with Gasteiger partial charge in [0.1, 0.15) is 5.75 Å². The highest BCUT2D eigenvalue weighted by Crippen LogP contribution is 2.19. The molecule has 0 aliphatic rings. The van der Waals surface area contributed by atoms with Crippen molar-refractivity contribution in [3.05, 3.63) is 27.3 Å². The Morgan fingerprint density at radius 3 is 2.70 bits per heavy atom. The van der Waals surface area contributed by atoms with Gasteiger partial charge in [0, 0.05) is 6.54 Å². The van der Waals surface area contributed by atoms with Crippen molar-refractivity contribution in [2.45, 2.75) is 6.54 Å². The summed E-state index contributed by atoms with van der Waals surface area (Å²) < 4.78 is 0.848. The van der Waals surface area contributed by atoms with Crippen molar-refractivity contribution in [1.82, 2.24) is 0 Å². The highest BCUT2D eigenvalue weighted by molar-refractivity contribution is 14.1. The predicted octanol–water partition coefficient (Wildman–Crippen LogP) is 1.46. The number of hydrogen-bond acceptors (Lipinski definition) is 2. The Morgan fingerprint density at radius 2 is 2.20 bits per heavy atom. The van der Waals surface area contributed by atoms with Crippen LogP contribution in [0.4, 0.5) is 0 Å². The minimum atomic E-state index is 0.317. The Kier molecular flexibility index (Phi) is 2.50. The largest absolute Gasteiger partial charge is 0.507 e. The van der Waals surface area contributed by atoms with Gasteiger partial charge in [-0.1, -0.05) is 6.07 Å². The van der Waals surface area contributed by atoms with Gasteiger partial charge in [0.05, 0.1) is 3.57 Å². The second-order valence-electron chi connectivity index (χ2n) is 1.99. The maximum absolute atomic E-state index is 9.09. The number of rotatable bonds is 1. The quantitative estimate of drug-likeness (QED) is 0.740. The average Bonchev–Trinajstić information content (AvgIpc) is 1.95. The van der Waals surface area contributed by atoms with Gasteiger partial charge in [0.2, 0.25) is 0 Å². The molecule has 0 radical (unpaired) electrons. The molecule has 0 unspecified atom stereocenters. The topological polar surface area (TPSA) is 46.2 Å². The molecule has 0 fully saturated rings. The summed E-state index contributed by atoms with van der Waals surface area (Å²) in [5, 5.41) is 9.09. The fourth-order valence-corrected chi connectivity index (χ4v) is 1.26. The lowest BCUT2D eigenvalue weighted by Gasteiger charge is -1.98. The van der Waals surface area contributed by atoms with Crippen molar-refractivity contribution in [3.63, 3.8) is 0 Å². The zero-order valence-corrected chi connectivity index (χ0v) is 7.50. The second-order valence-corrected chi connectivity index (χ2v) is 3.15. The molecular weight excluding hydrogens is 241 g/mol. The molecule has 0 heterocycles. The number of phenols is 1. The van der Waals surface area contributed by atoms with E-state index in [1.807, 2.05) is 12.1 Å². The molecule has 54 valence electrons. The van der Waals surface area contributed by atoms with Gasteiger partial charge in [-0.25, -0.2) is 0 Å². The molecule has 0 aromatic heterocycles. The monoisotopic (exact) mass is 249 g/mol. The van der Waals surface area contributed by atoms with E-state index in [2.05, 4.69) is 22.6 Å². The lowest BCUT2D eigenvalue weighted by Crippen LogP contribution is -1.95. The molecule has 10 heavy (non-hydrogen) atoms. The van der Waals surface area contributed by atoms with Gasteiger partial charge < -0.3 is 10.8 Å². The first-order valence-corrected chi connectivity index (χ1v) is 3.99. The lowest BCUT2D eigenvalue weighted by atomic mass is 10.2. The SMILES string of the molecule is NCc1ccc(O)c(I)c1. The number of nitrogens with two attached hydrogens (primary N) is 1. The van der Waals surface area contributed by atoms with Crippen LogP contribution in [0, 0.1) is 3.57 Å². The minimum Gasteiger partial charge on any atom is -0.507 e. The fraction of sp³-hybridized carbons (Fsp3) is 0.143. The van der Waals surface area contributed by atoms with Crippen LogP contribution in [-0.4, -0.2) is 5.11 Å². The summed E-state index contributed by atoms with van der Waals surface area (Å²) in [6, 6.07) is 5.34. The highest BCUT2D eigenvalue weighted by atomic mass is 127. The molecule has 0 atom stereocenters. The summed E-state index contributed by atoms with van der Waals surface area (Å²) in [6.45, 7) is 0.524. The van der Waals surface area contributed by atoms with Crippen LogP contribution in [0.3, 0.4) is 0 Å². The molecule has 0 aliphatic carbocycles. The van der Waals surface area contributed by atoms with Gasteiger partial charge in [0.25, 0.3) is 0 Å². The van der Waals surface area contributed by atoms with E-state index in [-0.39, 0.29) is 0 Å². The highest BCUT2D eigenvalue weighted by Gasteiger charge is 1.96. The average molecular weight is 249 g/mol. The predicted molar refractivity (Wildman–Crippen MR) is 48.7 cm³/mol. The van der Waals surface area contributed by atoms with Crippen LogP contribution >= 0.6 is 22.6 Å². The van der Waals surface area contributed by atoms with Crippen LogP contribution < -0.4 is 5.73 Å². The van der Waals surface area contributed by atoms with Gasteiger partial charge in [-0.2, -0.15) is 0 Å². The zero-order chi connectivity index (χ0) is 7.56. The molecule has 0 saturated heterocycles. The van der Waals surface area contributed by atoms with Crippen molar-refractivity contribution >= 4 is 22.6 Å². The lowest BCUT2D eigenvalue weighted by molar-refractivity contribution is 0.471. The molecular formula is C7H8INO. The van der Waals surface area contributed by atoms with E-state index in [1.54, 1.807) is 6.07 Å². The maximum Gasteiger partial charge on any atom is 0.128 e. The third-order valence-electron chi connectivity index (χ3n) is 1.25. The molecule has 0 amide bonds. The van der Waals surface area contributed by atoms with Crippen LogP contribution in [0.15, 0.2) is 18.2 Å². The Balaban J connectivity index is 3.04. The third-order valence-corrected chi connectivity index (χ3v) is 2.11. The van der Waals surface area contributed by atoms with Crippen molar-refractivity contribution in [3.8, 4) is 5.75 Å². The summed E-state index contributed by atoms with van der Waals surface area (Å²) in [4.78, 5) is 0. The third kappa shape index (κ3) is 1.60. The standard InChI is InChI=1S/C7H8INO/c8-6-3-5(4-9)1-2-7(6)10/h1-3,10H,4,9H2. The van der Waals surface area contributed by atoms with Gasteiger partial charge in [0.15, 0.2) is 0 Å². The van der Waals surface area contributed by atoms with Crippen LogP contribution in [0.2, 0.25) is 0 Å². The second kappa shape index (κ2) is 3.21. The van der Waals surface area contributed by atoms with Gasteiger partial charge in [-0.3, -0.25) is 0 Å². The molecule has 3 heteroatoms. The number of halogens is 1. The van der Waals surface area contributed by atoms with Crippen molar-refractivity contribution in [2.75, 3.05) is 0 Å². The molecule has 0 saturated carbocycles. The van der Waals surface area contributed by atoms with E-state index in [0.717, 1.165) is 9.13 Å². The molecule has 1 aromatic carbocycles. The van der Waals surface area contributed by atoms with Crippen molar-refractivity contribution < 1.29 is 5.11 Å². The molecule has 1 aromatic rings. The van der Waals surface area contributed by atoms with Crippen molar-refractivity contribution in [1.29, 1.82) is 0 Å². The maximum atomic E-state index is 9.09. The summed E-state index contributed by atoms with van der Waals surface area (Å²) >= 11 is 2.07. The van der Waals surface area contributed by atoms with E-state index in [9.17, 15) is 0 Å². The summed E-state index contributed by atoms with van der Waals surface area (Å²) in [6.07, 6.45) is 0. The van der Waals surface area contributed by atoms with Gasteiger partial charge in [-0.05, 0) is 40.3 Å². The Hall–Kier alpha value is -0.290. The number of phenolic OH excluding ortho intramolecular Hbond substituents is 1. The molecule has 2 nitrogen and oxygen atoms in total. The smallest absolute Gasteiger partial charge is 0.128 e. The van der Waals surface area contributed by atoms with Gasteiger partial charge >= 0.3 is 0 Å². The number of aromatic hydroxyl groups is 1. The van der Waals surface area contributed by atoms with Crippen molar-refractivity contribution in [2.24, 2.45) is 5.73 Å². The molecule has 1 rings (SSSR count). The summed E-state index contributed by atoms with van der Waals surface area (Å²) in [7, 11) is 0. The van der Waals surface area contributed by atoms with E-state index in [4.69, 9.17) is 10.8 Å². The molecule has 0 spiro atoms. The summed E-state index contributed by atoms with van der Waals surface area (Å²) in [5.74, 6) is 0.317. The first-order chi connectivity index (χ1) is 4.74. The first-order valence-electron chi connectivity index (χ1n) is 2.91. The van der Waals surface area contributed by atoms with Crippen LogP contribution in [-0.2, 0) is 6.54 Å². The fourth-order valence-electron chi connectivity index (χ4n) is 0.677. The van der Waals surface area contributed by atoms with E-state index >= 15 is 0 Å². The van der Waals surface area contributed by atoms with E-state index < -0.39 is 0 Å². The van der Waals surface area contributed by atoms with E-state index in [1.165, 1.54) is 0 Å². The van der Waals surface area contributed by atoms with Gasteiger partial charge in [-0.15, -0.1) is 0 Å². The Bertz CT molecular complexity index is 237. The molecule has 3 N–H and O–H groups in total. The molecule has 0 aliphatic heterocycles. The van der Waals surface area contributed by atoms with Crippen LogP contribution in [0.5, 0.6) is 5.75 Å². The van der Waals surface area contributed by atoms with Crippen LogP contribution in [0.25, 0.3) is 0 Å². The van der Waals surface area contributed by atoms with Crippen LogP contribution in [0.1, 0.15) is 5.56 Å².